The molecule has 1 aliphatic carbocycles. The van der Waals surface area contributed by atoms with Crippen LogP contribution in [0.3, 0.4) is 0 Å². The summed E-state index contributed by atoms with van der Waals surface area (Å²) in [7, 11) is 0. The number of hydrogen-bond donors (Lipinski definition) is 0. The number of fused-ring (bicyclic) bond motifs is 1. The van der Waals surface area contributed by atoms with Gasteiger partial charge in [-0.3, -0.25) is 9.48 Å². The minimum absolute atomic E-state index is 0.0537. The first-order chi connectivity index (χ1) is 17.1. The summed E-state index contributed by atoms with van der Waals surface area (Å²) in [6, 6.07) is 24.4. The molecule has 1 aliphatic rings. The van der Waals surface area contributed by atoms with Crippen molar-refractivity contribution in [2.24, 2.45) is 0 Å². The maximum atomic E-state index is 11.5. The number of carbonyl (C=O) groups is 1. The average molecular weight is 483 g/mol. The van der Waals surface area contributed by atoms with Gasteiger partial charge in [0.1, 0.15) is 5.75 Å². The fraction of sp³-hybridized carbons (Fsp3) is 0.200. The van der Waals surface area contributed by atoms with Gasteiger partial charge in [0.2, 0.25) is 0 Å². The molecule has 35 heavy (non-hydrogen) atoms. The summed E-state index contributed by atoms with van der Waals surface area (Å²) in [4.78, 5) is 11.5. The van der Waals surface area contributed by atoms with E-state index in [9.17, 15) is 4.79 Å². The van der Waals surface area contributed by atoms with Gasteiger partial charge in [0.25, 0.3) is 0 Å². The number of esters is 1. The zero-order chi connectivity index (χ0) is 24.2. The summed E-state index contributed by atoms with van der Waals surface area (Å²) in [6.45, 7) is 2.12. The minimum atomic E-state index is -0.286. The van der Waals surface area contributed by atoms with Crippen molar-refractivity contribution in [3.63, 3.8) is 0 Å². The second-order valence-electron chi connectivity index (χ2n) is 8.85. The normalized spacial score (nSPS) is 15.0. The summed E-state index contributed by atoms with van der Waals surface area (Å²) in [6.07, 6.45) is 9.26. The number of benzene rings is 3. The third kappa shape index (κ3) is 5.23. The molecule has 0 bridgehead atoms. The largest absolute Gasteiger partial charge is 0.426 e. The van der Waals surface area contributed by atoms with Crippen LogP contribution in [0.5, 0.6) is 5.75 Å². The van der Waals surface area contributed by atoms with Crippen molar-refractivity contribution in [3.05, 3.63) is 124 Å². The highest BCUT2D eigenvalue weighted by Crippen LogP contribution is 2.36. The van der Waals surface area contributed by atoms with Crippen LogP contribution in [0.2, 0.25) is 5.02 Å². The van der Waals surface area contributed by atoms with Crippen molar-refractivity contribution >= 4 is 23.1 Å². The predicted octanol–water partition coefficient (Wildman–Crippen LogP) is 7.06. The van der Waals surface area contributed by atoms with Crippen LogP contribution >= 0.6 is 11.6 Å². The van der Waals surface area contributed by atoms with E-state index in [1.54, 1.807) is 0 Å². The van der Waals surface area contributed by atoms with Crippen LogP contribution in [-0.4, -0.2) is 15.7 Å². The fourth-order valence-electron chi connectivity index (χ4n) is 4.92. The molecule has 0 aliphatic heterocycles. The van der Waals surface area contributed by atoms with Crippen molar-refractivity contribution in [2.45, 2.75) is 38.6 Å². The molecular weight excluding hydrogens is 456 g/mol. The second-order valence-corrected chi connectivity index (χ2v) is 9.29. The second kappa shape index (κ2) is 10.3. The van der Waals surface area contributed by atoms with Crippen molar-refractivity contribution in [3.8, 4) is 5.75 Å². The van der Waals surface area contributed by atoms with E-state index >= 15 is 0 Å². The summed E-state index contributed by atoms with van der Waals surface area (Å²) in [5.74, 6) is 0.443. The molecule has 0 saturated heterocycles. The van der Waals surface area contributed by atoms with Crippen LogP contribution in [0, 0.1) is 0 Å². The summed E-state index contributed by atoms with van der Waals surface area (Å²) in [5, 5.41) is 5.40. The Kier molecular flexibility index (Phi) is 6.82. The maximum Gasteiger partial charge on any atom is 0.308 e. The Balaban J connectivity index is 1.43. The SMILES string of the molecule is CC(=O)Oc1cccc2c1CCCC2=CCn1cc(C(c2ccccc2)c2cccc(Cl)c2)cn1. The van der Waals surface area contributed by atoms with Crippen molar-refractivity contribution in [2.75, 3.05) is 0 Å². The van der Waals surface area contributed by atoms with Crippen molar-refractivity contribution < 1.29 is 9.53 Å². The number of rotatable bonds is 6. The number of allylic oxidation sites excluding steroid dienone is 2. The zero-order valence-corrected chi connectivity index (χ0v) is 20.4. The van der Waals surface area contributed by atoms with E-state index < -0.39 is 0 Å². The van der Waals surface area contributed by atoms with E-state index in [0.717, 1.165) is 41.0 Å². The minimum Gasteiger partial charge on any atom is -0.426 e. The molecule has 0 radical (unpaired) electrons. The van der Waals surface area contributed by atoms with Gasteiger partial charge in [-0.2, -0.15) is 5.10 Å². The quantitative estimate of drug-likeness (QED) is 0.218. The van der Waals surface area contributed by atoms with Gasteiger partial charge >= 0.3 is 5.97 Å². The number of aromatic nitrogens is 2. The number of carbonyl (C=O) groups excluding carboxylic acids is 1. The van der Waals surface area contributed by atoms with Gasteiger partial charge in [0.05, 0.1) is 12.7 Å². The highest BCUT2D eigenvalue weighted by molar-refractivity contribution is 6.30. The Morgan fingerprint density at radius 2 is 1.83 bits per heavy atom. The van der Waals surface area contributed by atoms with E-state index in [4.69, 9.17) is 16.3 Å². The molecule has 4 aromatic rings. The van der Waals surface area contributed by atoms with Gasteiger partial charge in [0.15, 0.2) is 0 Å². The Morgan fingerprint density at radius 1 is 1.03 bits per heavy atom. The van der Waals surface area contributed by atoms with Gasteiger partial charge in [-0.15, -0.1) is 0 Å². The summed E-state index contributed by atoms with van der Waals surface area (Å²) >= 11 is 6.33. The topological polar surface area (TPSA) is 44.1 Å². The molecule has 5 heteroatoms. The number of ether oxygens (including phenoxy) is 1. The Hall–Kier alpha value is -3.63. The lowest BCUT2D eigenvalue weighted by Gasteiger charge is -2.21. The number of nitrogens with zero attached hydrogens (tertiary/aromatic N) is 2. The standard InChI is InChI=1S/C30H27ClN2O2/c1-21(34)35-29-15-7-13-27-22(10-6-14-28(27)29)16-17-33-20-25(19-32-33)30(23-8-3-2-4-9-23)24-11-5-12-26(31)18-24/h2-5,7-9,11-13,15-16,18-20,30H,6,10,14,17H2,1H3. The Bertz CT molecular complexity index is 1370. The van der Waals surface area contributed by atoms with Crippen LogP contribution in [0.4, 0.5) is 0 Å². The van der Waals surface area contributed by atoms with Gasteiger partial charge in [0, 0.05) is 35.2 Å². The molecule has 4 nitrogen and oxygen atoms in total. The summed E-state index contributed by atoms with van der Waals surface area (Å²) < 4.78 is 7.43. The predicted molar refractivity (Wildman–Crippen MR) is 140 cm³/mol. The highest BCUT2D eigenvalue weighted by Gasteiger charge is 2.20. The lowest BCUT2D eigenvalue weighted by atomic mass is 9.86. The van der Waals surface area contributed by atoms with E-state index in [2.05, 4.69) is 53.8 Å². The van der Waals surface area contributed by atoms with Gasteiger partial charge < -0.3 is 4.74 Å². The monoisotopic (exact) mass is 482 g/mol. The summed E-state index contributed by atoms with van der Waals surface area (Å²) in [5.41, 5.74) is 7.02. The third-order valence-electron chi connectivity index (χ3n) is 6.43. The van der Waals surface area contributed by atoms with Gasteiger partial charge in [-0.1, -0.05) is 72.3 Å². The smallest absolute Gasteiger partial charge is 0.308 e. The molecule has 1 atom stereocenters. The molecule has 0 N–H and O–H groups in total. The van der Waals surface area contributed by atoms with Crippen molar-refractivity contribution in [1.29, 1.82) is 0 Å². The van der Waals surface area contributed by atoms with Gasteiger partial charge in [-0.05, 0) is 59.7 Å². The average Bonchev–Trinajstić information content (AvgIpc) is 3.32. The number of halogens is 1. The lowest BCUT2D eigenvalue weighted by Crippen LogP contribution is -2.09. The molecule has 5 rings (SSSR count). The van der Waals surface area contributed by atoms with E-state index in [-0.39, 0.29) is 11.9 Å². The molecule has 1 unspecified atom stereocenters. The Labute approximate surface area is 210 Å². The van der Waals surface area contributed by atoms with Crippen LogP contribution < -0.4 is 4.74 Å². The van der Waals surface area contributed by atoms with Crippen LogP contribution in [0.1, 0.15) is 53.5 Å². The lowest BCUT2D eigenvalue weighted by molar-refractivity contribution is -0.131. The van der Waals surface area contributed by atoms with E-state index in [0.29, 0.717) is 12.3 Å². The molecule has 0 spiro atoms. The molecule has 3 aromatic carbocycles. The first-order valence-electron chi connectivity index (χ1n) is 11.9. The highest BCUT2D eigenvalue weighted by atomic mass is 35.5. The molecular formula is C30H27ClN2O2. The van der Waals surface area contributed by atoms with Gasteiger partial charge in [-0.25, -0.2) is 0 Å². The molecule has 1 aromatic heterocycles. The molecule has 176 valence electrons. The molecule has 1 heterocycles. The fourth-order valence-corrected chi connectivity index (χ4v) is 5.12. The molecule has 0 amide bonds. The first kappa shape index (κ1) is 23.1. The van der Waals surface area contributed by atoms with E-state index in [1.807, 2.05) is 47.3 Å². The Morgan fingerprint density at radius 3 is 2.63 bits per heavy atom. The molecule has 0 saturated carbocycles. The number of hydrogen-bond acceptors (Lipinski definition) is 3. The van der Waals surface area contributed by atoms with E-state index in [1.165, 1.54) is 23.6 Å². The molecule has 0 fully saturated rings. The van der Waals surface area contributed by atoms with Crippen LogP contribution in [-0.2, 0) is 17.8 Å². The first-order valence-corrected chi connectivity index (χ1v) is 12.3. The van der Waals surface area contributed by atoms with Crippen LogP contribution in [0.15, 0.2) is 91.3 Å². The zero-order valence-electron chi connectivity index (χ0n) is 19.7. The third-order valence-corrected chi connectivity index (χ3v) is 6.67. The van der Waals surface area contributed by atoms with Crippen LogP contribution in [0.25, 0.3) is 5.57 Å². The van der Waals surface area contributed by atoms with Crippen molar-refractivity contribution in [1.82, 2.24) is 9.78 Å². The maximum absolute atomic E-state index is 11.5.